The van der Waals surface area contributed by atoms with E-state index in [0.717, 1.165) is 6.54 Å². The van der Waals surface area contributed by atoms with Crippen LogP contribution in [0.25, 0.3) is 0 Å². The van der Waals surface area contributed by atoms with E-state index in [1.54, 1.807) is 0 Å². The number of hydrogen-bond donors (Lipinski definition) is 1. The van der Waals surface area contributed by atoms with Gasteiger partial charge in [0, 0.05) is 12.1 Å². The zero-order valence-electron chi connectivity index (χ0n) is 12.5. The molecule has 106 valence electrons. The molecule has 1 aliphatic rings. The molecule has 19 heavy (non-hydrogen) atoms. The average molecular weight is 260 g/mol. The molecule has 0 bridgehead atoms. The van der Waals surface area contributed by atoms with E-state index < -0.39 is 0 Å². The number of rotatable bonds is 4. The van der Waals surface area contributed by atoms with Crippen molar-refractivity contribution in [3.05, 3.63) is 35.9 Å². The van der Waals surface area contributed by atoms with Crippen LogP contribution in [-0.4, -0.2) is 30.6 Å². The summed E-state index contributed by atoms with van der Waals surface area (Å²) >= 11 is 0. The fourth-order valence-electron chi connectivity index (χ4n) is 3.39. The molecule has 0 aliphatic heterocycles. The van der Waals surface area contributed by atoms with Gasteiger partial charge in [-0.3, -0.25) is 0 Å². The van der Waals surface area contributed by atoms with Crippen LogP contribution in [0.2, 0.25) is 0 Å². The van der Waals surface area contributed by atoms with Gasteiger partial charge in [-0.25, -0.2) is 0 Å². The SMILES string of the molecule is CC(C)N(C)C1CC(c2ccccc2)CCC1CN. The van der Waals surface area contributed by atoms with Crippen LogP contribution in [0.3, 0.4) is 0 Å². The van der Waals surface area contributed by atoms with Gasteiger partial charge in [0.1, 0.15) is 0 Å². The molecule has 2 rings (SSSR count). The summed E-state index contributed by atoms with van der Waals surface area (Å²) in [4.78, 5) is 2.52. The Bertz CT molecular complexity index is 372. The molecule has 0 aromatic heterocycles. The van der Waals surface area contributed by atoms with Gasteiger partial charge >= 0.3 is 0 Å². The van der Waals surface area contributed by atoms with Crippen molar-refractivity contribution in [2.75, 3.05) is 13.6 Å². The van der Waals surface area contributed by atoms with Gasteiger partial charge in [-0.2, -0.15) is 0 Å². The lowest BCUT2D eigenvalue weighted by Gasteiger charge is -2.42. The molecule has 1 aliphatic carbocycles. The highest BCUT2D eigenvalue weighted by atomic mass is 15.2. The van der Waals surface area contributed by atoms with Gasteiger partial charge in [-0.05, 0) is 64.1 Å². The molecular weight excluding hydrogens is 232 g/mol. The standard InChI is InChI=1S/C17H28N2/c1-13(2)19(3)17-11-15(9-10-16(17)12-18)14-7-5-4-6-8-14/h4-8,13,15-17H,9-12,18H2,1-3H3. The maximum atomic E-state index is 5.99. The fourth-order valence-corrected chi connectivity index (χ4v) is 3.39. The Morgan fingerprint density at radius 1 is 1.21 bits per heavy atom. The molecule has 1 aromatic rings. The van der Waals surface area contributed by atoms with Crippen LogP contribution in [0.15, 0.2) is 30.3 Å². The second kappa shape index (κ2) is 6.53. The van der Waals surface area contributed by atoms with E-state index in [-0.39, 0.29) is 0 Å². The van der Waals surface area contributed by atoms with E-state index in [1.807, 2.05) is 0 Å². The first-order valence-electron chi connectivity index (χ1n) is 7.60. The smallest absolute Gasteiger partial charge is 0.0141 e. The number of nitrogens with two attached hydrogens (primary N) is 1. The van der Waals surface area contributed by atoms with Crippen LogP contribution >= 0.6 is 0 Å². The minimum Gasteiger partial charge on any atom is -0.330 e. The van der Waals surface area contributed by atoms with Crippen LogP contribution in [0.1, 0.15) is 44.6 Å². The first kappa shape index (κ1) is 14.5. The predicted molar refractivity (Wildman–Crippen MR) is 82.3 cm³/mol. The molecule has 0 heterocycles. The summed E-state index contributed by atoms with van der Waals surface area (Å²) < 4.78 is 0. The predicted octanol–water partition coefficient (Wildman–Crippen LogP) is 3.24. The van der Waals surface area contributed by atoms with E-state index in [1.165, 1.54) is 24.8 Å². The van der Waals surface area contributed by atoms with E-state index in [9.17, 15) is 0 Å². The molecular formula is C17H28N2. The second-order valence-corrected chi connectivity index (χ2v) is 6.24. The lowest BCUT2D eigenvalue weighted by molar-refractivity contribution is 0.0966. The Labute approximate surface area is 118 Å². The van der Waals surface area contributed by atoms with Crippen LogP contribution < -0.4 is 5.73 Å². The van der Waals surface area contributed by atoms with Gasteiger partial charge in [0.2, 0.25) is 0 Å². The zero-order valence-corrected chi connectivity index (χ0v) is 12.5. The molecule has 0 radical (unpaired) electrons. The van der Waals surface area contributed by atoms with Gasteiger partial charge in [-0.15, -0.1) is 0 Å². The third kappa shape index (κ3) is 3.37. The van der Waals surface area contributed by atoms with E-state index in [2.05, 4.69) is 56.1 Å². The van der Waals surface area contributed by atoms with Gasteiger partial charge in [0.15, 0.2) is 0 Å². The molecule has 0 spiro atoms. The highest BCUT2D eigenvalue weighted by Crippen LogP contribution is 2.37. The molecule has 1 fully saturated rings. The maximum absolute atomic E-state index is 5.99. The Hall–Kier alpha value is -0.860. The molecule has 2 N–H and O–H groups in total. The van der Waals surface area contributed by atoms with Crippen molar-refractivity contribution in [3.63, 3.8) is 0 Å². The van der Waals surface area contributed by atoms with Gasteiger partial charge in [-0.1, -0.05) is 30.3 Å². The summed E-state index contributed by atoms with van der Waals surface area (Å²) in [5.74, 6) is 1.36. The zero-order chi connectivity index (χ0) is 13.8. The van der Waals surface area contributed by atoms with E-state index >= 15 is 0 Å². The van der Waals surface area contributed by atoms with Crippen molar-refractivity contribution in [1.82, 2.24) is 4.90 Å². The Balaban J connectivity index is 2.11. The van der Waals surface area contributed by atoms with Crippen molar-refractivity contribution in [2.45, 2.75) is 51.1 Å². The van der Waals surface area contributed by atoms with Crippen LogP contribution in [0.5, 0.6) is 0 Å². The van der Waals surface area contributed by atoms with E-state index in [4.69, 9.17) is 5.73 Å². The van der Waals surface area contributed by atoms with Crippen molar-refractivity contribution in [2.24, 2.45) is 11.7 Å². The van der Waals surface area contributed by atoms with Crippen molar-refractivity contribution < 1.29 is 0 Å². The van der Waals surface area contributed by atoms with Gasteiger partial charge < -0.3 is 10.6 Å². The minimum absolute atomic E-state index is 0.591. The highest BCUT2D eigenvalue weighted by Gasteiger charge is 2.33. The number of hydrogen-bond acceptors (Lipinski definition) is 2. The van der Waals surface area contributed by atoms with Crippen LogP contribution in [0, 0.1) is 5.92 Å². The minimum atomic E-state index is 0.591. The van der Waals surface area contributed by atoms with Gasteiger partial charge in [0.25, 0.3) is 0 Å². The van der Waals surface area contributed by atoms with Crippen molar-refractivity contribution in [3.8, 4) is 0 Å². The topological polar surface area (TPSA) is 29.3 Å². The third-order valence-electron chi connectivity index (χ3n) is 4.87. The van der Waals surface area contributed by atoms with Crippen LogP contribution in [-0.2, 0) is 0 Å². The molecule has 1 aromatic carbocycles. The Morgan fingerprint density at radius 3 is 2.47 bits per heavy atom. The number of nitrogens with zero attached hydrogens (tertiary/aromatic N) is 1. The molecule has 0 amide bonds. The fraction of sp³-hybridized carbons (Fsp3) is 0.647. The monoisotopic (exact) mass is 260 g/mol. The molecule has 2 heteroatoms. The molecule has 3 unspecified atom stereocenters. The summed E-state index contributed by atoms with van der Waals surface area (Å²) in [6.07, 6.45) is 3.80. The molecule has 0 saturated heterocycles. The van der Waals surface area contributed by atoms with Crippen LogP contribution in [0.4, 0.5) is 0 Å². The molecule has 1 saturated carbocycles. The Kier molecular flexibility index (Phi) is 5.00. The largest absolute Gasteiger partial charge is 0.330 e. The molecule has 3 atom stereocenters. The first-order chi connectivity index (χ1) is 9.13. The quantitative estimate of drug-likeness (QED) is 0.900. The first-order valence-corrected chi connectivity index (χ1v) is 7.60. The van der Waals surface area contributed by atoms with E-state index in [0.29, 0.717) is 23.9 Å². The normalized spacial score (nSPS) is 28.0. The Morgan fingerprint density at radius 2 is 1.89 bits per heavy atom. The summed E-state index contributed by atoms with van der Waals surface area (Å²) in [7, 11) is 2.26. The average Bonchev–Trinajstić information content (AvgIpc) is 2.46. The second-order valence-electron chi connectivity index (χ2n) is 6.24. The van der Waals surface area contributed by atoms with Crippen molar-refractivity contribution >= 4 is 0 Å². The van der Waals surface area contributed by atoms with Crippen molar-refractivity contribution in [1.29, 1.82) is 0 Å². The summed E-state index contributed by atoms with van der Waals surface area (Å²) in [5, 5.41) is 0. The third-order valence-corrected chi connectivity index (χ3v) is 4.87. The summed E-state index contributed by atoms with van der Waals surface area (Å²) in [6.45, 7) is 5.38. The number of benzene rings is 1. The van der Waals surface area contributed by atoms with Gasteiger partial charge in [0.05, 0.1) is 0 Å². The maximum Gasteiger partial charge on any atom is 0.0141 e. The molecule has 2 nitrogen and oxygen atoms in total. The lowest BCUT2D eigenvalue weighted by atomic mass is 9.74. The summed E-state index contributed by atoms with van der Waals surface area (Å²) in [5.41, 5.74) is 7.49. The summed E-state index contributed by atoms with van der Waals surface area (Å²) in [6, 6.07) is 12.2. The lowest BCUT2D eigenvalue weighted by Crippen LogP contribution is -2.47. The highest BCUT2D eigenvalue weighted by molar-refractivity contribution is 5.20.